The molecule has 1 heterocycles. The van der Waals surface area contributed by atoms with Crippen LogP contribution in [0.15, 0.2) is 33.7 Å². The molecule has 8 heteroatoms. The molecule has 3 N–H and O–H groups in total. The summed E-state index contributed by atoms with van der Waals surface area (Å²) in [7, 11) is 4.84. The molecular formula is C22H33N3O5. The Balaban J connectivity index is 2.07. The quantitative estimate of drug-likeness (QED) is 0.402. The van der Waals surface area contributed by atoms with Gasteiger partial charge in [-0.05, 0) is 39.3 Å². The summed E-state index contributed by atoms with van der Waals surface area (Å²) < 4.78 is 21.8. The smallest absolute Gasteiger partial charge is 0.191 e. The van der Waals surface area contributed by atoms with Crippen molar-refractivity contribution >= 4 is 5.96 Å². The van der Waals surface area contributed by atoms with Crippen molar-refractivity contribution in [2.24, 2.45) is 4.99 Å². The second-order valence-corrected chi connectivity index (χ2v) is 7.07. The van der Waals surface area contributed by atoms with Crippen LogP contribution in [0.25, 0.3) is 0 Å². The summed E-state index contributed by atoms with van der Waals surface area (Å²) in [6, 6.07) is 7.26. The predicted octanol–water partition coefficient (Wildman–Crippen LogP) is 2.62. The molecule has 1 unspecified atom stereocenters. The summed E-state index contributed by atoms with van der Waals surface area (Å²) in [6.07, 6.45) is 0.647. The number of ether oxygens (including phenoxy) is 3. The molecule has 8 nitrogen and oxygen atoms in total. The molecule has 0 saturated heterocycles. The zero-order chi connectivity index (χ0) is 22.1. The average Bonchev–Trinajstić information content (AvgIpc) is 3.19. The van der Waals surface area contributed by atoms with Gasteiger partial charge in [-0.1, -0.05) is 0 Å². The van der Waals surface area contributed by atoms with Crippen molar-refractivity contribution in [2.75, 3.05) is 41.0 Å². The van der Waals surface area contributed by atoms with Crippen LogP contribution in [-0.4, -0.2) is 52.0 Å². The van der Waals surface area contributed by atoms with Gasteiger partial charge >= 0.3 is 0 Å². The third kappa shape index (κ3) is 6.06. The Morgan fingerprint density at radius 1 is 1.10 bits per heavy atom. The van der Waals surface area contributed by atoms with Gasteiger partial charge in [0.1, 0.15) is 34.4 Å². The Morgan fingerprint density at radius 2 is 1.77 bits per heavy atom. The molecule has 0 aliphatic rings. The Morgan fingerprint density at radius 3 is 2.27 bits per heavy atom. The van der Waals surface area contributed by atoms with Crippen molar-refractivity contribution in [1.82, 2.24) is 10.6 Å². The molecule has 0 bridgehead atoms. The van der Waals surface area contributed by atoms with Gasteiger partial charge in [0.15, 0.2) is 5.96 Å². The van der Waals surface area contributed by atoms with E-state index in [1.807, 2.05) is 32.0 Å². The number of benzene rings is 1. The zero-order valence-electron chi connectivity index (χ0n) is 18.7. The van der Waals surface area contributed by atoms with Gasteiger partial charge in [-0.3, -0.25) is 0 Å². The normalized spacial score (nSPS) is 13.5. The Hall–Kier alpha value is -2.87. The van der Waals surface area contributed by atoms with Crippen molar-refractivity contribution in [1.29, 1.82) is 0 Å². The number of rotatable bonds is 10. The van der Waals surface area contributed by atoms with Crippen LogP contribution in [0.4, 0.5) is 0 Å². The van der Waals surface area contributed by atoms with Gasteiger partial charge in [0, 0.05) is 30.8 Å². The second kappa shape index (κ2) is 10.8. The lowest BCUT2D eigenvalue weighted by molar-refractivity contribution is 0.0428. The van der Waals surface area contributed by atoms with Crippen molar-refractivity contribution < 1.29 is 23.7 Å². The largest absolute Gasteiger partial charge is 0.496 e. The van der Waals surface area contributed by atoms with Gasteiger partial charge in [0.05, 0.1) is 27.9 Å². The number of nitrogens with one attached hydrogen (secondary N) is 2. The maximum Gasteiger partial charge on any atom is 0.191 e. The minimum Gasteiger partial charge on any atom is -0.496 e. The van der Waals surface area contributed by atoms with Gasteiger partial charge in [-0.2, -0.15) is 0 Å². The van der Waals surface area contributed by atoms with Crippen LogP contribution in [0.1, 0.15) is 30.9 Å². The van der Waals surface area contributed by atoms with Crippen LogP contribution >= 0.6 is 0 Å². The molecule has 0 saturated carbocycles. The van der Waals surface area contributed by atoms with Gasteiger partial charge in [0.2, 0.25) is 0 Å². The first-order valence-corrected chi connectivity index (χ1v) is 9.95. The summed E-state index contributed by atoms with van der Waals surface area (Å²) in [5.41, 5.74) is -0.263. The molecule has 2 rings (SSSR count). The molecule has 0 amide bonds. The zero-order valence-corrected chi connectivity index (χ0v) is 18.7. The summed E-state index contributed by atoms with van der Waals surface area (Å²) in [6.45, 7) is 6.96. The van der Waals surface area contributed by atoms with Crippen LogP contribution in [0.2, 0.25) is 0 Å². The minimum absolute atomic E-state index is 0.157. The third-order valence-electron chi connectivity index (χ3n) is 4.65. The minimum atomic E-state index is -1.20. The number of furan rings is 1. The van der Waals surface area contributed by atoms with E-state index < -0.39 is 5.60 Å². The van der Waals surface area contributed by atoms with E-state index in [9.17, 15) is 5.11 Å². The standard InChI is InChI=1S/C22H33N3O5/c1-7-23-21(25-14-22(3,26)20-9-8-15(2)30-20)24-11-10-17-18(28-5)12-16(27-4)13-19(17)29-6/h8-9,12-13,26H,7,10-11,14H2,1-6H3,(H2,23,24,25). The maximum absolute atomic E-state index is 10.7. The average molecular weight is 420 g/mol. The van der Waals surface area contributed by atoms with E-state index in [0.717, 1.165) is 11.3 Å². The van der Waals surface area contributed by atoms with E-state index >= 15 is 0 Å². The molecular weight excluding hydrogens is 386 g/mol. The van der Waals surface area contributed by atoms with Crippen LogP contribution in [-0.2, 0) is 12.0 Å². The summed E-state index contributed by atoms with van der Waals surface area (Å²) in [5.74, 6) is 3.92. The lowest BCUT2D eigenvalue weighted by Crippen LogP contribution is -2.39. The molecule has 0 fully saturated rings. The summed E-state index contributed by atoms with van der Waals surface area (Å²) in [4.78, 5) is 4.52. The Bertz CT molecular complexity index is 820. The fourth-order valence-electron chi connectivity index (χ4n) is 3.01. The molecule has 1 atom stereocenters. The monoisotopic (exact) mass is 419 g/mol. The molecule has 0 aliphatic heterocycles. The van der Waals surface area contributed by atoms with Crippen LogP contribution in [0, 0.1) is 6.92 Å². The summed E-state index contributed by atoms with van der Waals surface area (Å²) in [5, 5.41) is 17.2. The predicted molar refractivity (Wildman–Crippen MR) is 117 cm³/mol. The van der Waals surface area contributed by atoms with E-state index in [4.69, 9.17) is 18.6 Å². The first-order valence-electron chi connectivity index (χ1n) is 9.95. The molecule has 1 aromatic carbocycles. The maximum atomic E-state index is 10.7. The molecule has 2 aromatic rings. The molecule has 0 spiro atoms. The number of aliphatic hydroxyl groups is 1. The SMILES string of the molecule is CCNC(=NCC(C)(O)c1ccc(C)o1)NCCc1c(OC)cc(OC)cc1OC. The molecule has 0 radical (unpaired) electrons. The van der Waals surface area contributed by atoms with Crippen molar-refractivity contribution in [2.45, 2.75) is 32.8 Å². The van der Waals surface area contributed by atoms with Crippen molar-refractivity contribution in [3.63, 3.8) is 0 Å². The van der Waals surface area contributed by atoms with E-state index in [1.165, 1.54) is 0 Å². The van der Waals surface area contributed by atoms with Gasteiger partial charge in [0.25, 0.3) is 0 Å². The number of aliphatic imine (C=N–C) groups is 1. The molecule has 0 aliphatic carbocycles. The summed E-state index contributed by atoms with van der Waals surface area (Å²) >= 11 is 0. The van der Waals surface area contributed by atoms with Crippen molar-refractivity contribution in [3.05, 3.63) is 41.3 Å². The highest BCUT2D eigenvalue weighted by Crippen LogP contribution is 2.34. The number of guanidine groups is 1. The molecule has 1 aromatic heterocycles. The number of nitrogens with zero attached hydrogens (tertiary/aromatic N) is 1. The highest BCUT2D eigenvalue weighted by molar-refractivity contribution is 5.79. The highest BCUT2D eigenvalue weighted by Gasteiger charge is 2.26. The van der Waals surface area contributed by atoms with Crippen LogP contribution < -0.4 is 24.8 Å². The fraction of sp³-hybridized carbons (Fsp3) is 0.500. The third-order valence-corrected chi connectivity index (χ3v) is 4.65. The Kier molecular flexibility index (Phi) is 8.41. The lowest BCUT2D eigenvalue weighted by atomic mass is 10.0. The number of methoxy groups -OCH3 is 3. The first-order chi connectivity index (χ1) is 14.3. The van der Waals surface area contributed by atoms with Gasteiger partial charge in [-0.15, -0.1) is 0 Å². The fourth-order valence-corrected chi connectivity index (χ4v) is 3.01. The van der Waals surface area contributed by atoms with Crippen molar-refractivity contribution in [3.8, 4) is 17.2 Å². The topological polar surface area (TPSA) is 97.5 Å². The number of hydrogen-bond donors (Lipinski definition) is 3. The van der Waals surface area contributed by atoms with E-state index in [-0.39, 0.29) is 6.54 Å². The lowest BCUT2D eigenvalue weighted by Gasteiger charge is -2.20. The number of hydrogen-bond acceptors (Lipinski definition) is 6. The Labute approximate surface area is 178 Å². The molecule has 30 heavy (non-hydrogen) atoms. The van der Waals surface area contributed by atoms with E-state index in [0.29, 0.717) is 48.5 Å². The van der Waals surface area contributed by atoms with Gasteiger partial charge < -0.3 is 34.4 Å². The van der Waals surface area contributed by atoms with Crippen LogP contribution in [0.3, 0.4) is 0 Å². The van der Waals surface area contributed by atoms with Crippen LogP contribution in [0.5, 0.6) is 17.2 Å². The highest BCUT2D eigenvalue weighted by atomic mass is 16.5. The van der Waals surface area contributed by atoms with Gasteiger partial charge in [-0.25, -0.2) is 4.99 Å². The second-order valence-electron chi connectivity index (χ2n) is 7.07. The first kappa shape index (κ1) is 23.4. The molecule has 166 valence electrons. The van der Waals surface area contributed by atoms with E-state index in [2.05, 4.69) is 15.6 Å². The van der Waals surface area contributed by atoms with E-state index in [1.54, 1.807) is 34.3 Å². The number of aryl methyl sites for hydroxylation is 1.